The Kier molecular flexibility index (Phi) is 6.28. The van der Waals surface area contributed by atoms with Crippen LogP contribution in [0.4, 0.5) is 0 Å². The van der Waals surface area contributed by atoms with Crippen LogP contribution in [0.15, 0.2) is 29.3 Å². The molecule has 0 atom stereocenters. The summed E-state index contributed by atoms with van der Waals surface area (Å²) in [6, 6.07) is 8.10. The topological polar surface area (TPSA) is 65.5 Å². The van der Waals surface area contributed by atoms with E-state index < -0.39 is 0 Å². The van der Waals surface area contributed by atoms with E-state index in [-0.39, 0.29) is 0 Å². The van der Waals surface area contributed by atoms with Crippen molar-refractivity contribution in [1.82, 2.24) is 20.2 Å². The minimum atomic E-state index is 0.704. The molecule has 25 heavy (non-hydrogen) atoms. The fourth-order valence-electron chi connectivity index (χ4n) is 2.70. The molecule has 0 amide bonds. The highest BCUT2D eigenvalue weighted by Crippen LogP contribution is 2.28. The smallest absolute Gasteiger partial charge is 0.193 e. The summed E-state index contributed by atoms with van der Waals surface area (Å²) in [6.45, 7) is 6.16. The van der Waals surface area contributed by atoms with E-state index in [1.165, 1.54) is 12.8 Å². The van der Waals surface area contributed by atoms with Gasteiger partial charge in [-0.1, -0.05) is 12.1 Å². The van der Waals surface area contributed by atoms with Crippen LogP contribution in [-0.2, 0) is 11.2 Å². The number of aromatic nitrogens is 2. The molecule has 0 unspecified atom stereocenters. The Balaban J connectivity index is 1.47. The second-order valence-electron chi connectivity index (χ2n) is 6.63. The lowest BCUT2D eigenvalue weighted by atomic mass is 10.3. The maximum Gasteiger partial charge on any atom is 0.193 e. The molecule has 0 spiro atoms. The van der Waals surface area contributed by atoms with Crippen molar-refractivity contribution in [1.29, 1.82) is 0 Å². The molecule has 6 heteroatoms. The first-order valence-corrected chi connectivity index (χ1v) is 9.27. The molecule has 0 bridgehead atoms. The quantitative estimate of drug-likeness (QED) is 0.417. The molecule has 136 valence electrons. The number of imidazole rings is 1. The van der Waals surface area contributed by atoms with Crippen LogP contribution in [0.2, 0.25) is 0 Å². The molecule has 0 saturated heterocycles. The zero-order valence-electron chi connectivity index (χ0n) is 15.3. The van der Waals surface area contributed by atoms with Gasteiger partial charge in [-0.05, 0) is 37.8 Å². The standard InChI is InChI=1S/C19H29N5O/c1-3-20-19(24(2)12-13-25-14-15-8-9-15)21-11-10-18-22-16-6-4-5-7-17(16)23-18/h4-7,15H,3,8-14H2,1-2H3,(H,20,21)(H,22,23). The highest BCUT2D eigenvalue weighted by molar-refractivity contribution is 5.79. The van der Waals surface area contributed by atoms with Crippen LogP contribution in [0.1, 0.15) is 25.6 Å². The molecule has 2 N–H and O–H groups in total. The Hall–Kier alpha value is -2.08. The Bertz CT molecular complexity index is 659. The van der Waals surface area contributed by atoms with Crippen molar-refractivity contribution in [3.8, 4) is 0 Å². The molecular weight excluding hydrogens is 314 g/mol. The maximum absolute atomic E-state index is 5.72. The summed E-state index contributed by atoms with van der Waals surface area (Å²) in [5.41, 5.74) is 2.09. The summed E-state index contributed by atoms with van der Waals surface area (Å²) >= 11 is 0. The van der Waals surface area contributed by atoms with Gasteiger partial charge in [-0.25, -0.2) is 4.98 Å². The van der Waals surface area contributed by atoms with Crippen molar-refractivity contribution in [2.24, 2.45) is 10.9 Å². The first-order valence-electron chi connectivity index (χ1n) is 9.27. The third-order valence-electron chi connectivity index (χ3n) is 4.37. The van der Waals surface area contributed by atoms with Crippen molar-refractivity contribution in [3.05, 3.63) is 30.1 Å². The molecule has 3 rings (SSSR count). The zero-order valence-corrected chi connectivity index (χ0v) is 15.3. The summed E-state index contributed by atoms with van der Waals surface area (Å²) < 4.78 is 5.72. The number of fused-ring (bicyclic) bond motifs is 1. The second kappa shape index (κ2) is 8.85. The third-order valence-corrected chi connectivity index (χ3v) is 4.37. The Morgan fingerprint density at radius 3 is 3.00 bits per heavy atom. The predicted molar refractivity (Wildman–Crippen MR) is 102 cm³/mol. The normalized spacial score (nSPS) is 14.9. The van der Waals surface area contributed by atoms with E-state index in [4.69, 9.17) is 9.73 Å². The van der Waals surface area contributed by atoms with E-state index in [1.807, 2.05) is 18.2 Å². The number of nitrogens with one attached hydrogen (secondary N) is 2. The minimum absolute atomic E-state index is 0.704. The van der Waals surface area contributed by atoms with Crippen LogP contribution in [0.25, 0.3) is 11.0 Å². The van der Waals surface area contributed by atoms with E-state index in [9.17, 15) is 0 Å². The largest absolute Gasteiger partial charge is 0.379 e. The van der Waals surface area contributed by atoms with Gasteiger partial charge in [0.25, 0.3) is 0 Å². The Labute approximate surface area is 149 Å². The number of ether oxygens (including phenoxy) is 1. The fourth-order valence-corrected chi connectivity index (χ4v) is 2.70. The number of H-pyrrole nitrogens is 1. The Morgan fingerprint density at radius 1 is 1.40 bits per heavy atom. The van der Waals surface area contributed by atoms with Gasteiger partial charge < -0.3 is 19.9 Å². The summed E-state index contributed by atoms with van der Waals surface area (Å²) in [6.07, 6.45) is 3.47. The lowest BCUT2D eigenvalue weighted by Crippen LogP contribution is -2.40. The maximum atomic E-state index is 5.72. The van der Waals surface area contributed by atoms with Crippen LogP contribution in [0.3, 0.4) is 0 Å². The number of likely N-dealkylation sites (N-methyl/N-ethyl adjacent to an activating group) is 1. The first kappa shape index (κ1) is 17.7. The number of benzene rings is 1. The van der Waals surface area contributed by atoms with E-state index in [1.54, 1.807) is 0 Å². The number of hydrogen-bond acceptors (Lipinski definition) is 3. The van der Waals surface area contributed by atoms with Crippen molar-refractivity contribution < 1.29 is 4.74 Å². The highest BCUT2D eigenvalue weighted by Gasteiger charge is 2.21. The molecule has 1 saturated carbocycles. The van der Waals surface area contributed by atoms with E-state index in [2.05, 4.69) is 40.2 Å². The molecule has 1 aliphatic rings. The summed E-state index contributed by atoms with van der Waals surface area (Å²) in [7, 11) is 2.06. The van der Waals surface area contributed by atoms with E-state index in [0.717, 1.165) is 61.5 Å². The van der Waals surface area contributed by atoms with Crippen LogP contribution >= 0.6 is 0 Å². The van der Waals surface area contributed by atoms with Crippen LogP contribution in [0.5, 0.6) is 0 Å². The van der Waals surface area contributed by atoms with Crippen molar-refractivity contribution in [3.63, 3.8) is 0 Å². The van der Waals surface area contributed by atoms with Gasteiger partial charge in [0.15, 0.2) is 5.96 Å². The van der Waals surface area contributed by atoms with Crippen LogP contribution < -0.4 is 5.32 Å². The van der Waals surface area contributed by atoms with Crippen LogP contribution in [0, 0.1) is 5.92 Å². The molecule has 2 aromatic rings. The first-order chi connectivity index (χ1) is 12.3. The van der Waals surface area contributed by atoms with Gasteiger partial charge >= 0.3 is 0 Å². The van der Waals surface area contributed by atoms with Gasteiger partial charge in [-0.3, -0.25) is 4.99 Å². The van der Waals surface area contributed by atoms with Gasteiger partial charge in [0.05, 0.1) is 17.6 Å². The van der Waals surface area contributed by atoms with Gasteiger partial charge in [-0.15, -0.1) is 0 Å². The SMILES string of the molecule is CCNC(=NCCc1nc2ccccc2[nH]1)N(C)CCOCC1CC1. The lowest BCUT2D eigenvalue weighted by molar-refractivity contribution is 0.115. The number of aliphatic imine (C=N–C) groups is 1. The van der Waals surface area contributed by atoms with Crippen molar-refractivity contribution in [2.45, 2.75) is 26.2 Å². The molecule has 1 heterocycles. The molecule has 1 aromatic heterocycles. The van der Waals surface area contributed by atoms with E-state index >= 15 is 0 Å². The van der Waals surface area contributed by atoms with Crippen molar-refractivity contribution in [2.75, 3.05) is 39.9 Å². The predicted octanol–water partition coefficient (Wildman–Crippen LogP) is 2.43. The monoisotopic (exact) mass is 343 g/mol. The number of rotatable bonds is 9. The molecule has 0 radical (unpaired) electrons. The fraction of sp³-hybridized carbons (Fsp3) is 0.579. The van der Waals surface area contributed by atoms with E-state index in [0.29, 0.717) is 6.54 Å². The number of guanidine groups is 1. The average Bonchev–Trinajstić information content (AvgIpc) is 3.35. The lowest BCUT2D eigenvalue weighted by Gasteiger charge is -2.22. The molecule has 1 aromatic carbocycles. The van der Waals surface area contributed by atoms with Gasteiger partial charge in [-0.2, -0.15) is 0 Å². The van der Waals surface area contributed by atoms with Crippen LogP contribution in [-0.4, -0.2) is 60.7 Å². The average molecular weight is 343 g/mol. The molecular formula is C19H29N5O. The van der Waals surface area contributed by atoms with Crippen molar-refractivity contribution >= 4 is 17.0 Å². The molecule has 1 fully saturated rings. The number of hydrogen-bond donors (Lipinski definition) is 2. The van der Waals surface area contributed by atoms with Gasteiger partial charge in [0.1, 0.15) is 5.82 Å². The number of aromatic amines is 1. The summed E-state index contributed by atoms with van der Waals surface area (Å²) in [4.78, 5) is 14.8. The third kappa shape index (κ3) is 5.46. The zero-order chi connectivity index (χ0) is 17.5. The summed E-state index contributed by atoms with van der Waals surface area (Å²) in [5, 5.41) is 3.35. The molecule has 6 nitrogen and oxygen atoms in total. The summed E-state index contributed by atoms with van der Waals surface area (Å²) in [5.74, 6) is 2.72. The van der Waals surface area contributed by atoms with Gasteiger partial charge in [0.2, 0.25) is 0 Å². The Morgan fingerprint density at radius 2 is 2.24 bits per heavy atom. The number of para-hydroxylation sites is 2. The minimum Gasteiger partial charge on any atom is -0.379 e. The number of nitrogens with zero attached hydrogens (tertiary/aromatic N) is 3. The second-order valence-corrected chi connectivity index (χ2v) is 6.63. The molecule has 1 aliphatic carbocycles. The highest BCUT2D eigenvalue weighted by atomic mass is 16.5. The van der Waals surface area contributed by atoms with Gasteiger partial charge in [0, 0.05) is 39.7 Å². The molecule has 0 aliphatic heterocycles.